The highest BCUT2D eigenvalue weighted by atomic mass is 32.1. The van der Waals surface area contributed by atoms with Crippen molar-refractivity contribution in [3.8, 4) is 0 Å². The fourth-order valence-corrected chi connectivity index (χ4v) is 2.38. The molecule has 0 saturated carbocycles. The van der Waals surface area contributed by atoms with Gasteiger partial charge in [-0.05, 0) is 43.5 Å². The van der Waals surface area contributed by atoms with E-state index in [2.05, 4.69) is 36.6 Å². The van der Waals surface area contributed by atoms with E-state index in [-0.39, 0.29) is 0 Å². The number of nitrogens with zero attached hydrogens (tertiary/aromatic N) is 3. The van der Waals surface area contributed by atoms with Crippen LogP contribution in [0.1, 0.15) is 18.4 Å². The lowest BCUT2D eigenvalue weighted by molar-refractivity contribution is 0.0313. The van der Waals surface area contributed by atoms with Gasteiger partial charge in [0.2, 0.25) is 0 Å². The third-order valence-corrected chi connectivity index (χ3v) is 4.36. The zero-order valence-corrected chi connectivity index (χ0v) is 17.3. The second kappa shape index (κ2) is 10.9. The van der Waals surface area contributed by atoms with Crippen LogP contribution >= 0.6 is 24.4 Å². The fraction of sp³-hybridized carbons (Fsp3) is 0.500. The van der Waals surface area contributed by atoms with Crippen LogP contribution in [-0.2, 0) is 11.3 Å². The first-order valence-electron chi connectivity index (χ1n) is 8.50. The Hall–Kier alpha value is -2.08. The Labute approximate surface area is 169 Å². The summed E-state index contributed by atoms with van der Waals surface area (Å²) in [7, 11) is 3.43. The number of nitrogens with one attached hydrogen (secondary N) is 4. The molecule has 2 rings (SSSR count). The first-order valence-corrected chi connectivity index (χ1v) is 9.32. The van der Waals surface area contributed by atoms with E-state index in [0.717, 1.165) is 38.6 Å². The van der Waals surface area contributed by atoms with E-state index < -0.39 is 0 Å². The molecule has 0 amide bonds. The average Bonchev–Trinajstić information content (AvgIpc) is 3.14. The van der Waals surface area contributed by atoms with E-state index in [1.54, 1.807) is 21.0 Å². The number of thiocarbonyl (C=S) groups is 2. The molecular weight excluding hydrogens is 386 g/mol. The molecule has 1 aromatic rings. The third kappa shape index (κ3) is 6.86. The molecule has 11 heteroatoms. The largest absolute Gasteiger partial charge is 0.458 e. The monoisotopic (exact) mass is 411 g/mol. The number of morpholine rings is 1. The molecular formula is C16H25N7O2S2. The Bertz CT molecular complexity index is 711. The molecule has 0 bridgehead atoms. The van der Waals surface area contributed by atoms with Crippen molar-refractivity contribution in [1.29, 1.82) is 0 Å². The Morgan fingerprint density at radius 1 is 1.07 bits per heavy atom. The van der Waals surface area contributed by atoms with Crippen molar-refractivity contribution in [3.63, 3.8) is 0 Å². The molecule has 27 heavy (non-hydrogen) atoms. The van der Waals surface area contributed by atoms with Gasteiger partial charge in [0.25, 0.3) is 0 Å². The molecule has 9 nitrogen and oxygen atoms in total. The molecule has 148 valence electrons. The van der Waals surface area contributed by atoms with E-state index in [1.165, 1.54) is 0 Å². The SMILES string of the molecule is CNC(=S)N/N=C(C)/C(=N\NC(=S)NC)c1ccc(CN2CCOCC2)o1. The molecule has 1 aliphatic heterocycles. The van der Waals surface area contributed by atoms with Crippen LogP contribution in [0.2, 0.25) is 0 Å². The minimum Gasteiger partial charge on any atom is -0.458 e. The maximum Gasteiger partial charge on any atom is 0.186 e. The molecule has 0 atom stereocenters. The third-order valence-electron chi connectivity index (χ3n) is 3.77. The lowest BCUT2D eigenvalue weighted by atomic mass is 10.2. The average molecular weight is 412 g/mol. The summed E-state index contributed by atoms with van der Waals surface area (Å²) in [5.74, 6) is 1.44. The molecule has 0 aliphatic carbocycles. The van der Waals surface area contributed by atoms with Crippen LogP contribution in [0, 0.1) is 0 Å². The minimum atomic E-state index is 0.388. The van der Waals surface area contributed by atoms with Gasteiger partial charge in [-0.25, -0.2) is 0 Å². The van der Waals surface area contributed by atoms with Crippen LogP contribution in [0.4, 0.5) is 0 Å². The van der Waals surface area contributed by atoms with Gasteiger partial charge in [0, 0.05) is 27.2 Å². The van der Waals surface area contributed by atoms with Crippen LogP contribution in [0.3, 0.4) is 0 Å². The summed E-state index contributed by atoms with van der Waals surface area (Å²) in [4.78, 5) is 2.28. The first kappa shape index (κ1) is 21.2. The second-order valence-corrected chi connectivity index (χ2v) is 6.51. The van der Waals surface area contributed by atoms with E-state index >= 15 is 0 Å². The fourth-order valence-electron chi connectivity index (χ4n) is 2.29. The van der Waals surface area contributed by atoms with Gasteiger partial charge < -0.3 is 19.8 Å². The zero-order chi connectivity index (χ0) is 19.6. The Morgan fingerprint density at radius 3 is 2.33 bits per heavy atom. The second-order valence-electron chi connectivity index (χ2n) is 5.69. The van der Waals surface area contributed by atoms with Gasteiger partial charge in [-0.2, -0.15) is 10.2 Å². The van der Waals surface area contributed by atoms with Crippen LogP contribution in [-0.4, -0.2) is 66.9 Å². The highest BCUT2D eigenvalue weighted by Crippen LogP contribution is 2.13. The summed E-state index contributed by atoms with van der Waals surface area (Å²) in [5.41, 5.74) is 6.62. The minimum absolute atomic E-state index is 0.388. The standard InChI is InChI=1S/C16H25N7O2S2/c1-11(19-21-15(26)17-2)14(20-22-16(27)18-3)13-5-4-12(25-13)10-23-6-8-24-9-7-23/h4-5H,6-10H2,1-3H3,(H2,17,21,26)(H2,18,22,27)/b19-11+,20-14+. The number of hydrazone groups is 2. The quantitative estimate of drug-likeness (QED) is 0.301. The Morgan fingerprint density at radius 2 is 1.70 bits per heavy atom. The molecule has 0 unspecified atom stereocenters. The van der Waals surface area contributed by atoms with Crippen molar-refractivity contribution in [2.24, 2.45) is 10.2 Å². The molecule has 0 spiro atoms. The summed E-state index contributed by atoms with van der Waals surface area (Å²) in [6.07, 6.45) is 0. The highest BCUT2D eigenvalue weighted by molar-refractivity contribution is 7.80. The maximum absolute atomic E-state index is 5.99. The highest BCUT2D eigenvalue weighted by Gasteiger charge is 2.17. The first-order chi connectivity index (χ1) is 13.0. The number of hydrogen-bond acceptors (Lipinski definition) is 7. The van der Waals surface area contributed by atoms with Crippen molar-refractivity contribution in [1.82, 2.24) is 26.4 Å². The van der Waals surface area contributed by atoms with Gasteiger partial charge in [0.15, 0.2) is 16.0 Å². The van der Waals surface area contributed by atoms with Crippen molar-refractivity contribution in [2.75, 3.05) is 40.4 Å². The summed E-state index contributed by atoms with van der Waals surface area (Å²) < 4.78 is 11.4. The van der Waals surface area contributed by atoms with Crippen molar-refractivity contribution in [3.05, 3.63) is 23.7 Å². The number of rotatable bonds is 6. The van der Waals surface area contributed by atoms with E-state index in [9.17, 15) is 0 Å². The molecule has 1 fully saturated rings. The molecule has 0 aromatic carbocycles. The van der Waals surface area contributed by atoms with E-state index in [0.29, 0.717) is 27.4 Å². The molecule has 2 heterocycles. The molecule has 4 N–H and O–H groups in total. The summed E-state index contributed by atoms with van der Waals surface area (Å²) in [5, 5.41) is 15.0. The van der Waals surface area contributed by atoms with Crippen molar-refractivity contribution in [2.45, 2.75) is 13.5 Å². The zero-order valence-electron chi connectivity index (χ0n) is 15.7. The predicted octanol–water partition coefficient (Wildman–Crippen LogP) is 0.380. The predicted molar refractivity (Wildman–Crippen MR) is 114 cm³/mol. The topological polar surface area (TPSA) is 98.5 Å². The number of furan rings is 1. The van der Waals surface area contributed by atoms with Crippen LogP contribution < -0.4 is 21.5 Å². The Balaban J connectivity index is 2.16. The normalized spacial score (nSPS) is 16.0. The Kier molecular flexibility index (Phi) is 8.58. The van der Waals surface area contributed by atoms with Gasteiger partial charge >= 0.3 is 0 Å². The summed E-state index contributed by atoms with van der Waals surface area (Å²) >= 11 is 10.1. The number of ether oxygens (including phenoxy) is 1. The molecule has 1 aromatic heterocycles. The van der Waals surface area contributed by atoms with Crippen molar-refractivity contribution >= 4 is 46.1 Å². The maximum atomic E-state index is 5.99. The van der Waals surface area contributed by atoms with Gasteiger partial charge in [-0.1, -0.05) is 0 Å². The number of hydrogen-bond donors (Lipinski definition) is 4. The summed E-state index contributed by atoms with van der Waals surface area (Å²) in [6.45, 7) is 5.79. The summed E-state index contributed by atoms with van der Waals surface area (Å²) in [6, 6.07) is 3.81. The molecule has 1 saturated heterocycles. The molecule has 0 radical (unpaired) electrons. The van der Waals surface area contributed by atoms with Gasteiger partial charge in [-0.3, -0.25) is 15.8 Å². The van der Waals surface area contributed by atoms with Gasteiger partial charge in [0.1, 0.15) is 11.5 Å². The van der Waals surface area contributed by atoms with E-state index in [1.807, 2.05) is 12.1 Å². The van der Waals surface area contributed by atoms with Crippen LogP contribution in [0.25, 0.3) is 0 Å². The van der Waals surface area contributed by atoms with Crippen molar-refractivity contribution < 1.29 is 9.15 Å². The van der Waals surface area contributed by atoms with E-state index in [4.69, 9.17) is 33.6 Å². The molecule has 1 aliphatic rings. The van der Waals surface area contributed by atoms with Crippen LogP contribution in [0.5, 0.6) is 0 Å². The lowest BCUT2D eigenvalue weighted by Crippen LogP contribution is -2.35. The van der Waals surface area contributed by atoms with Gasteiger partial charge in [-0.15, -0.1) is 0 Å². The van der Waals surface area contributed by atoms with Crippen LogP contribution in [0.15, 0.2) is 26.8 Å². The van der Waals surface area contributed by atoms with Gasteiger partial charge in [0.05, 0.1) is 25.5 Å². The lowest BCUT2D eigenvalue weighted by Gasteiger charge is -2.25. The smallest absolute Gasteiger partial charge is 0.186 e.